The van der Waals surface area contributed by atoms with Gasteiger partial charge in [0.2, 0.25) is 0 Å². The number of ether oxygens (including phenoxy) is 1. The lowest BCUT2D eigenvalue weighted by Crippen LogP contribution is -2.30. The molecule has 120 valence electrons. The van der Waals surface area contributed by atoms with Crippen LogP contribution < -0.4 is 10.1 Å². The Balaban J connectivity index is 1.68. The Hall–Kier alpha value is -2.91. The van der Waals surface area contributed by atoms with Gasteiger partial charge in [-0.3, -0.25) is 10.1 Å². The number of anilines is 1. The second-order valence-corrected chi connectivity index (χ2v) is 6.36. The molecule has 1 heterocycles. The Bertz CT molecular complexity index is 926. The Morgan fingerprint density at radius 3 is 2.71 bits per heavy atom. The van der Waals surface area contributed by atoms with Gasteiger partial charge in [0.15, 0.2) is 11.2 Å². The number of aryl methyl sites for hydroxylation is 1. The van der Waals surface area contributed by atoms with Gasteiger partial charge in [-0.05, 0) is 49.7 Å². The van der Waals surface area contributed by atoms with Gasteiger partial charge >= 0.3 is 0 Å². The molecule has 0 fully saturated rings. The number of aromatic nitrogens is 1. The van der Waals surface area contributed by atoms with Crippen molar-refractivity contribution in [2.24, 2.45) is 0 Å². The number of hydrogen-bond acceptors (Lipinski definition) is 5. The van der Waals surface area contributed by atoms with Crippen molar-refractivity contribution in [3.63, 3.8) is 0 Å². The van der Waals surface area contributed by atoms with Crippen LogP contribution in [0.4, 0.5) is 5.13 Å². The highest BCUT2D eigenvalue weighted by Crippen LogP contribution is 2.28. The van der Waals surface area contributed by atoms with Crippen molar-refractivity contribution < 1.29 is 9.53 Å². The van der Waals surface area contributed by atoms with Gasteiger partial charge < -0.3 is 4.74 Å². The van der Waals surface area contributed by atoms with E-state index in [1.54, 1.807) is 31.2 Å². The molecule has 1 amide bonds. The molecular formula is C18H15N3O2S. The zero-order valence-corrected chi connectivity index (χ0v) is 14.1. The van der Waals surface area contributed by atoms with E-state index in [-0.39, 0.29) is 5.91 Å². The van der Waals surface area contributed by atoms with Crippen LogP contribution in [0.2, 0.25) is 0 Å². The highest BCUT2D eigenvalue weighted by Gasteiger charge is 2.17. The third-order valence-electron chi connectivity index (χ3n) is 3.52. The number of thiazole rings is 1. The molecule has 2 aromatic carbocycles. The number of hydrogen-bond donors (Lipinski definition) is 1. The number of nitrogens with one attached hydrogen (secondary N) is 1. The number of carbonyl (C=O) groups is 1. The lowest BCUT2D eigenvalue weighted by atomic mass is 10.2. The molecule has 0 aliphatic rings. The SMILES string of the molecule is Cc1cccc2sc(NC(=O)C(C)Oc3ccc(C#N)cc3)nc12. The minimum atomic E-state index is -0.675. The number of fused-ring (bicyclic) bond motifs is 1. The molecule has 6 heteroatoms. The van der Waals surface area contributed by atoms with E-state index in [4.69, 9.17) is 10.00 Å². The molecular weight excluding hydrogens is 322 g/mol. The monoisotopic (exact) mass is 337 g/mol. The molecule has 1 aromatic heterocycles. The molecule has 24 heavy (non-hydrogen) atoms. The van der Waals surface area contributed by atoms with Gasteiger partial charge in [-0.2, -0.15) is 5.26 Å². The molecule has 1 N–H and O–H groups in total. The molecule has 1 unspecified atom stereocenters. The molecule has 0 spiro atoms. The number of carbonyl (C=O) groups excluding carboxylic acids is 1. The molecule has 3 aromatic rings. The summed E-state index contributed by atoms with van der Waals surface area (Å²) in [6.07, 6.45) is -0.675. The van der Waals surface area contributed by atoms with Crippen LogP contribution in [-0.2, 0) is 4.79 Å². The molecule has 0 saturated heterocycles. The zero-order chi connectivity index (χ0) is 17.1. The van der Waals surface area contributed by atoms with Crippen molar-refractivity contribution >= 4 is 32.6 Å². The second-order valence-electron chi connectivity index (χ2n) is 5.33. The molecule has 5 nitrogen and oxygen atoms in total. The fourth-order valence-electron chi connectivity index (χ4n) is 2.21. The third kappa shape index (κ3) is 3.36. The van der Waals surface area contributed by atoms with E-state index in [0.29, 0.717) is 16.4 Å². The highest BCUT2D eigenvalue weighted by molar-refractivity contribution is 7.22. The van der Waals surface area contributed by atoms with E-state index in [1.165, 1.54) is 11.3 Å². The van der Waals surface area contributed by atoms with Crippen LogP contribution in [0.15, 0.2) is 42.5 Å². The molecule has 0 bridgehead atoms. The van der Waals surface area contributed by atoms with Crippen molar-refractivity contribution in [2.45, 2.75) is 20.0 Å². The van der Waals surface area contributed by atoms with Gasteiger partial charge in [0.25, 0.3) is 5.91 Å². The second kappa shape index (κ2) is 6.69. The average molecular weight is 337 g/mol. The largest absolute Gasteiger partial charge is 0.481 e. The summed E-state index contributed by atoms with van der Waals surface area (Å²) >= 11 is 1.43. The Labute approximate surface area is 143 Å². The van der Waals surface area contributed by atoms with Gasteiger partial charge in [-0.15, -0.1) is 0 Å². The molecule has 0 radical (unpaired) electrons. The van der Waals surface area contributed by atoms with E-state index in [2.05, 4.69) is 10.3 Å². The lowest BCUT2D eigenvalue weighted by Gasteiger charge is -2.13. The third-order valence-corrected chi connectivity index (χ3v) is 4.45. The Morgan fingerprint density at radius 2 is 2.04 bits per heavy atom. The molecule has 1 atom stereocenters. The van der Waals surface area contributed by atoms with Gasteiger partial charge in [0.05, 0.1) is 21.8 Å². The van der Waals surface area contributed by atoms with Crippen LogP contribution in [-0.4, -0.2) is 17.0 Å². The summed E-state index contributed by atoms with van der Waals surface area (Å²) in [4.78, 5) is 16.7. The summed E-state index contributed by atoms with van der Waals surface area (Å²) in [5.74, 6) is 0.271. The van der Waals surface area contributed by atoms with E-state index in [9.17, 15) is 4.79 Å². The lowest BCUT2D eigenvalue weighted by molar-refractivity contribution is -0.122. The van der Waals surface area contributed by atoms with E-state index in [0.717, 1.165) is 15.8 Å². The zero-order valence-electron chi connectivity index (χ0n) is 13.2. The number of nitriles is 1. The topological polar surface area (TPSA) is 75.0 Å². The summed E-state index contributed by atoms with van der Waals surface area (Å²) in [6, 6.07) is 14.6. The van der Waals surface area contributed by atoms with Crippen LogP contribution in [0.5, 0.6) is 5.75 Å². The number of nitrogens with zero attached hydrogens (tertiary/aromatic N) is 2. The van der Waals surface area contributed by atoms with Gasteiger partial charge in [0.1, 0.15) is 5.75 Å². The van der Waals surface area contributed by atoms with Crippen LogP contribution in [0.3, 0.4) is 0 Å². The smallest absolute Gasteiger partial charge is 0.266 e. The van der Waals surface area contributed by atoms with E-state index in [1.807, 2.05) is 31.2 Å². The maximum absolute atomic E-state index is 12.3. The van der Waals surface area contributed by atoms with Crippen molar-refractivity contribution in [1.29, 1.82) is 5.26 Å². The first-order chi connectivity index (χ1) is 11.6. The van der Waals surface area contributed by atoms with Crippen LogP contribution >= 0.6 is 11.3 Å². The Morgan fingerprint density at radius 1 is 1.29 bits per heavy atom. The predicted molar refractivity (Wildman–Crippen MR) is 94.2 cm³/mol. The fourth-order valence-corrected chi connectivity index (χ4v) is 3.16. The van der Waals surface area contributed by atoms with Crippen LogP contribution in [0.25, 0.3) is 10.2 Å². The predicted octanol–water partition coefficient (Wildman–Crippen LogP) is 3.88. The van der Waals surface area contributed by atoms with Crippen molar-refractivity contribution in [3.05, 3.63) is 53.6 Å². The highest BCUT2D eigenvalue weighted by atomic mass is 32.1. The van der Waals surface area contributed by atoms with E-state index < -0.39 is 6.10 Å². The number of rotatable bonds is 4. The first kappa shape index (κ1) is 16.0. The normalized spacial score (nSPS) is 11.7. The molecule has 0 aliphatic carbocycles. The van der Waals surface area contributed by atoms with Crippen molar-refractivity contribution in [3.8, 4) is 11.8 Å². The molecule has 0 aliphatic heterocycles. The number of amides is 1. The van der Waals surface area contributed by atoms with Gasteiger partial charge in [-0.25, -0.2) is 4.98 Å². The molecule has 3 rings (SSSR count). The standard InChI is InChI=1S/C18H15N3O2S/c1-11-4-3-5-15-16(11)20-18(24-15)21-17(22)12(2)23-14-8-6-13(10-19)7-9-14/h3-9,12H,1-2H3,(H,20,21,22). The van der Waals surface area contributed by atoms with Gasteiger partial charge in [0, 0.05) is 0 Å². The minimum Gasteiger partial charge on any atom is -0.481 e. The summed E-state index contributed by atoms with van der Waals surface area (Å²) in [5, 5.41) is 12.1. The fraction of sp³-hybridized carbons (Fsp3) is 0.167. The van der Waals surface area contributed by atoms with Gasteiger partial charge in [-0.1, -0.05) is 23.5 Å². The van der Waals surface area contributed by atoms with Crippen molar-refractivity contribution in [1.82, 2.24) is 4.98 Å². The van der Waals surface area contributed by atoms with Crippen LogP contribution in [0.1, 0.15) is 18.1 Å². The van der Waals surface area contributed by atoms with Crippen LogP contribution in [0, 0.1) is 18.3 Å². The Kier molecular flexibility index (Phi) is 4.45. The first-order valence-electron chi connectivity index (χ1n) is 7.40. The summed E-state index contributed by atoms with van der Waals surface area (Å²) in [6.45, 7) is 3.66. The summed E-state index contributed by atoms with van der Waals surface area (Å²) < 4.78 is 6.63. The number of benzene rings is 2. The molecule has 0 saturated carbocycles. The minimum absolute atomic E-state index is 0.268. The first-order valence-corrected chi connectivity index (χ1v) is 8.22. The number of para-hydroxylation sites is 1. The maximum atomic E-state index is 12.3. The quantitative estimate of drug-likeness (QED) is 0.784. The summed E-state index contributed by atoms with van der Waals surface area (Å²) in [5.41, 5.74) is 2.52. The summed E-state index contributed by atoms with van der Waals surface area (Å²) in [7, 11) is 0. The maximum Gasteiger partial charge on any atom is 0.266 e. The van der Waals surface area contributed by atoms with E-state index >= 15 is 0 Å². The average Bonchev–Trinajstić information content (AvgIpc) is 2.99. The van der Waals surface area contributed by atoms with Crippen molar-refractivity contribution in [2.75, 3.05) is 5.32 Å².